The van der Waals surface area contributed by atoms with Gasteiger partial charge in [0.05, 0.1) is 5.56 Å². The Morgan fingerprint density at radius 3 is 3.15 bits per heavy atom. The highest BCUT2D eigenvalue weighted by Crippen LogP contribution is 2.37. The molecule has 20 heavy (non-hydrogen) atoms. The Balaban J connectivity index is 1.77. The van der Waals surface area contributed by atoms with E-state index >= 15 is 0 Å². The van der Waals surface area contributed by atoms with Crippen LogP contribution in [0.5, 0.6) is 0 Å². The first-order valence-corrected chi connectivity index (χ1v) is 7.56. The molecule has 1 aliphatic rings. The van der Waals surface area contributed by atoms with Crippen molar-refractivity contribution >= 4 is 34.8 Å². The SMILES string of the molecule is CC1(CNc2nc3ccc(C(=O)O)cc3o2)CCCS1. The number of oxazole rings is 1. The highest BCUT2D eigenvalue weighted by Gasteiger charge is 2.29. The predicted molar refractivity (Wildman–Crippen MR) is 79.6 cm³/mol. The van der Waals surface area contributed by atoms with Gasteiger partial charge in [-0.1, -0.05) is 0 Å². The number of aromatic carboxylic acids is 1. The molecular formula is C14H16N2O3S. The summed E-state index contributed by atoms with van der Waals surface area (Å²) in [5.74, 6) is 0.237. The maximum Gasteiger partial charge on any atom is 0.335 e. The van der Waals surface area contributed by atoms with Crippen LogP contribution in [0.15, 0.2) is 22.6 Å². The molecule has 1 atom stereocenters. The van der Waals surface area contributed by atoms with Gasteiger partial charge >= 0.3 is 5.97 Å². The van der Waals surface area contributed by atoms with Crippen LogP contribution in [0.2, 0.25) is 0 Å². The van der Waals surface area contributed by atoms with Crippen LogP contribution in [0.3, 0.4) is 0 Å². The summed E-state index contributed by atoms with van der Waals surface area (Å²) in [5, 5.41) is 12.2. The zero-order valence-electron chi connectivity index (χ0n) is 11.2. The number of rotatable bonds is 4. The molecule has 3 rings (SSSR count). The van der Waals surface area contributed by atoms with Gasteiger partial charge in [0, 0.05) is 11.3 Å². The summed E-state index contributed by atoms with van der Waals surface area (Å²) < 4.78 is 5.80. The lowest BCUT2D eigenvalue weighted by Crippen LogP contribution is -2.27. The summed E-state index contributed by atoms with van der Waals surface area (Å²) in [6, 6.07) is 5.16. The van der Waals surface area contributed by atoms with Crippen molar-refractivity contribution in [1.29, 1.82) is 0 Å². The maximum atomic E-state index is 10.9. The molecule has 1 aromatic heterocycles. The molecule has 6 heteroatoms. The normalized spacial score (nSPS) is 22.2. The predicted octanol–water partition coefficient (Wildman–Crippen LogP) is 3.22. The fourth-order valence-corrected chi connectivity index (χ4v) is 3.62. The molecule has 5 nitrogen and oxygen atoms in total. The van der Waals surface area contributed by atoms with Crippen LogP contribution in [0.4, 0.5) is 6.01 Å². The quantitative estimate of drug-likeness (QED) is 0.901. The summed E-state index contributed by atoms with van der Waals surface area (Å²) in [6.07, 6.45) is 2.44. The van der Waals surface area contributed by atoms with Gasteiger partial charge in [0.25, 0.3) is 6.01 Å². The van der Waals surface area contributed by atoms with Crippen molar-refractivity contribution in [3.05, 3.63) is 23.8 Å². The van der Waals surface area contributed by atoms with Crippen LogP contribution in [0.25, 0.3) is 11.1 Å². The fraction of sp³-hybridized carbons (Fsp3) is 0.429. The van der Waals surface area contributed by atoms with Crippen molar-refractivity contribution in [2.45, 2.75) is 24.5 Å². The third-order valence-electron chi connectivity index (χ3n) is 3.55. The molecule has 0 aliphatic carbocycles. The van der Waals surface area contributed by atoms with Crippen LogP contribution < -0.4 is 5.32 Å². The van der Waals surface area contributed by atoms with Gasteiger partial charge in [-0.25, -0.2) is 4.79 Å². The Bertz CT molecular complexity index is 647. The Morgan fingerprint density at radius 1 is 1.60 bits per heavy atom. The van der Waals surface area contributed by atoms with Crippen molar-refractivity contribution in [1.82, 2.24) is 4.98 Å². The first kappa shape index (κ1) is 13.3. The van der Waals surface area contributed by atoms with Crippen molar-refractivity contribution < 1.29 is 14.3 Å². The second-order valence-corrected chi connectivity index (χ2v) is 6.94. The van der Waals surface area contributed by atoms with E-state index in [1.165, 1.54) is 30.7 Å². The topological polar surface area (TPSA) is 75.4 Å². The van der Waals surface area contributed by atoms with Gasteiger partial charge in [-0.3, -0.25) is 0 Å². The van der Waals surface area contributed by atoms with Gasteiger partial charge < -0.3 is 14.8 Å². The number of carboxylic acid groups (broad SMARTS) is 1. The van der Waals surface area contributed by atoms with Gasteiger partial charge in [-0.15, -0.1) is 0 Å². The molecule has 0 bridgehead atoms. The molecule has 1 aliphatic heterocycles. The smallest absolute Gasteiger partial charge is 0.335 e. The fourth-order valence-electron chi connectivity index (χ4n) is 2.37. The van der Waals surface area contributed by atoms with E-state index in [1.807, 2.05) is 11.8 Å². The van der Waals surface area contributed by atoms with Gasteiger partial charge in [-0.2, -0.15) is 16.7 Å². The Labute approximate surface area is 120 Å². The number of anilines is 1. The Hall–Kier alpha value is -1.69. The van der Waals surface area contributed by atoms with E-state index in [0.29, 0.717) is 17.1 Å². The summed E-state index contributed by atoms with van der Waals surface area (Å²) in [4.78, 5) is 15.2. The average Bonchev–Trinajstić information content (AvgIpc) is 3.01. The summed E-state index contributed by atoms with van der Waals surface area (Å²) in [5.41, 5.74) is 1.37. The monoisotopic (exact) mass is 292 g/mol. The van der Waals surface area contributed by atoms with Crippen molar-refractivity contribution in [2.24, 2.45) is 0 Å². The second-order valence-electron chi connectivity index (χ2n) is 5.26. The minimum atomic E-state index is -0.965. The zero-order valence-corrected chi connectivity index (χ0v) is 12.0. The Morgan fingerprint density at radius 2 is 2.45 bits per heavy atom. The highest BCUT2D eigenvalue weighted by atomic mass is 32.2. The van der Waals surface area contributed by atoms with E-state index < -0.39 is 5.97 Å². The van der Waals surface area contributed by atoms with Gasteiger partial charge in [0.2, 0.25) is 0 Å². The molecule has 2 aromatic rings. The van der Waals surface area contributed by atoms with E-state index in [1.54, 1.807) is 6.07 Å². The lowest BCUT2D eigenvalue weighted by molar-refractivity contribution is 0.0697. The van der Waals surface area contributed by atoms with Crippen LogP contribution in [-0.2, 0) is 0 Å². The maximum absolute atomic E-state index is 10.9. The lowest BCUT2D eigenvalue weighted by Gasteiger charge is -2.21. The number of carbonyl (C=O) groups is 1. The minimum Gasteiger partial charge on any atom is -0.478 e. The van der Waals surface area contributed by atoms with Gasteiger partial charge in [0.15, 0.2) is 5.58 Å². The molecular weight excluding hydrogens is 276 g/mol. The van der Waals surface area contributed by atoms with Crippen LogP contribution in [-0.4, -0.2) is 33.1 Å². The van der Waals surface area contributed by atoms with Crippen LogP contribution in [0, 0.1) is 0 Å². The van der Waals surface area contributed by atoms with Crippen LogP contribution in [0.1, 0.15) is 30.1 Å². The number of carboxylic acids is 1. The standard InChI is InChI=1S/C14H16N2O3S/c1-14(5-2-6-20-14)8-15-13-16-10-4-3-9(12(17)18)7-11(10)19-13/h3-4,7H,2,5-6,8H2,1H3,(H,15,16)(H,17,18). The minimum absolute atomic E-state index is 0.207. The molecule has 0 saturated carbocycles. The molecule has 1 aromatic carbocycles. The van der Waals surface area contributed by atoms with Crippen molar-refractivity contribution in [3.8, 4) is 0 Å². The largest absolute Gasteiger partial charge is 0.478 e. The number of thioether (sulfide) groups is 1. The Kier molecular flexibility index (Phi) is 3.33. The number of aromatic nitrogens is 1. The molecule has 0 amide bonds. The van der Waals surface area contributed by atoms with Gasteiger partial charge in [0.1, 0.15) is 5.52 Å². The van der Waals surface area contributed by atoms with Gasteiger partial charge in [-0.05, 0) is 43.7 Å². The molecule has 2 N–H and O–H groups in total. The summed E-state index contributed by atoms with van der Waals surface area (Å²) in [7, 11) is 0. The second kappa shape index (κ2) is 5.01. The van der Waals surface area contributed by atoms with E-state index in [-0.39, 0.29) is 10.3 Å². The third kappa shape index (κ3) is 2.60. The molecule has 1 fully saturated rings. The number of benzene rings is 1. The average molecular weight is 292 g/mol. The lowest BCUT2D eigenvalue weighted by atomic mass is 10.1. The first-order valence-electron chi connectivity index (χ1n) is 6.57. The summed E-state index contributed by atoms with van der Waals surface area (Å²) in [6.45, 7) is 3.04. The molecule has 1 saturated heterocycles. The van der Waals surface area contributed by atoms with Crippen molar-refractivity contribution in [2.75, 3.05) is 17.6 Å². The van der Waals surface area contributed by atoms with E-state index in [9.17, 15) is 4.79 Å². The molecule has 2 heterocycles. The molecule has 0 spiro atoms. The third-order valence-corrected chi connectivity index (χ3v) is 5.09. The van der Waals surface area contributed by atoms with Crippen LogP contribution >= 0.6 is 11.8 Å². The van der Waals surface area contributed by atoms with E-state index in [4.69, 9.17) is 9.52 Å². The number of hydrogen-bond donors (Lipinski definition) is 2. The van der Waals surface area contributed by atoms with Crippen molar-refractivity contribution in [3.63, 3.8) is 0 Å². The van der Waals surface area contributed by atoms with E-state index in [0.717, 1.165) is 6.54 Å². The number of nitrogens with one attached hydrogen (secondary N) is 1. The first-order chi connectivity index (χ1) is 9.56. The number of fused-ring (bicyclic) bond motifs is 1. The zero-order chi connectivity index (χ0) is 14.2. The number of nitrogens with zero attached hydrogens (tertiary/aromatic N) is 1. The molecule has 106 valence electrons. The molecule has 0 radical (unpaired) electrons. The summed E-state index contributed by atoms with van der Waals surface area (Å²) >= 11 is 1.97. The van der Waals surface area contributed by atoms with E-state index in [2.05, 4.69) is 17.2 Å². The molecule has 1 unspecified atom stereocenters. The highest BCUT2D eigenvalue weighted by molar-refractivity contribution is 8.00. The number of hydrogen-bond acceptors (Lipinski definition) is 5.